The predicted molar refractivity (Wildman–Crippen MR) is 72.8 cm³/mol. The molecule has 104 valence electrons. The number of carboxylic acids is 1. The van der Waals surface area contributed by atoms with Gasteiger partial charge in [0.15, 0.2) is 0 Å². The topological polar surface area (TPSA) is 84.2 Å². The molecule has 2 N–H and O–H groups in total. The van der Waals surface area contributed by atoms with E-state index in [-0.39, 0.29) is 17.8 Å². The fraction of sp³-hybridized carbons (Fsp3) is 0.154. The van der Waals surface area contributed by atoms with Crippen LogP contribution < -0.4 is 5.32 Å². The number of halogens is 1. The molecule has 0 saturated heterocycles. The van der Waals surface area contributed by atoms with E-state index in [0.29, 0.717) is 5.02 Å². The highest BCUT2D eigenvalue weighted by molar-refractivity contribution is 6.30. The third-order valence-corrected chi connectivity index (χ3v) is 2.96. The highest BCUT2D eigenvalue weighted by atomic mass is 35.5. The van der Waals surface area contributed by atoms with Crippen molar-refractivity contribution < 1.29 is 14.7 Å². The molecule has 1 aromatic carbocycles. The fourth-order valence-corrected chi connectivity index (χ4v) is 1.99. The van der Waals surface area contributed by atoms with Crippen LogP contribution in [0.3, 0.4) is 0 Å². The summed E-state index contributed by atoms with van der Waals surface area (Å²) < 4.78 is 1.23. The molecule has 0 aliphatic carbocycles. The molecule has 2 aromatic rings. The Hall–Kier alpha value is -2.34. The van der Waals surface area contributed by atoms with E-state index >= 15 is 0 Å². The summed E-state index contributed by atoms with van der Waals surface area (Å²) in [6, 6.07) is 7.05. The number of nitrogens with one attached hydrogen (secondary N) is 1. The van der Waals surface area contributed by atoms with Gasteiger partial charge in [-0.1, -0.05) is 23.7 Å². The second-order valence-electron chi connectivity index (χ2n) is 4.15. The molecular formula is C13H12ClN3O3. The number of carbonyl (C=O) groups is 2. The quantitative estimate of drug-likeness (QED) is 0.898. The van der Waals surface area contributed by atoms with E-state index in [9.17, 15) is 9.59 Å². The van der Waals surface area contributed by atoms with Gasteiger partial charge in [0.1, 0.15) is 11.3 Å². The number of carbonyl (C=O) groups excluding carboxylic acids is 1. The van der Waals surface area contributed by atoms with Crippen molar-refractivity contribution in [1.29, 1.82) is 0 Å². The molecular weight excluding hydrogens is 282 g/mol. The zero-order chi connectivity index (χ0) is 14.7. The van der Waals surface area contributed by atoms with Crippen LogP contribution in [0.5, 0.6) is 0 Å². The molecule has 0 bridgehead atoms. The Morgan fingerprint density at radius 3 is 2.85 bits per heavy atom. The van der Waals surface area contributed by atoms with E-state index in [0.717, 1.165) is 11.8 Å². The minimum atomic E-state index is -1.19. The Morgan fingerprint density at radius 1 is 1.45 bits per heavy atom. The number of hydrogen-bond acceptors (Lipinski definition) is 3. The van der Waals surface area contributed by atoms with Gasteiger partial charge in [-0.15, -0.1) is 0 Å². The maximum absolute atomic E-state index is 12.0. The van der Waals surface area contributed by atoms with Crippen molar-refractivity contribution in [3.8, 4) is 0 Å². The van der Waals surface area contributed by atoms with Crippen molar-refractivity contribution in [2.24, 2.45) is 7.05 Å². The van der Waals surface area contributed by atoms with Crippen LogP contribution in [0, 0.1) is 0 Å². The van der Waals surface area contributed by atoms with E-state index in [1.54, 1.807) is 18.2 Å². The number of benzene rings is 1. The van der Waals surface area contributed by atoms with E-state index < -0.39 is 11.9 Å². The van der Waals surface area contributed by atoms with Crippen molar-refractivity contribution in [2.45, 2.75) is 6.54 Å². The molecule has 0 unspecified atom stereocenters. The third kappa shape index (κ3) is 2.97. The molecule has 0 spiro atoms. The van der Waals surface area contributed by atoms with Crippen LogP contribution in [0.25, 0.3) is 0 Å². The van der Waals surface area contributed by atoms with Crippen LogP contribution in [-0.2, 0) is 13.6 Å². The lowest BCUT2D eigenvalue weighted by Gasteiger charge is -2.07. The summed E-state index contributed by atoms with van der Waals surface area (Å²) in [7, 11) is 1.51. The van der Waals surface area contributed by atoms with Gasteiger partial charge in [-0.3, -0.25) is 9.48 Å². The highest BCUT2D eigenvalue weighted by Gasteiger charge is 2.21. The lowest BCUT2D eigenvalue weighted by molar-refractivity contribution is 0.0690. The Morgan fingerprint density at radius 2 is 2.20 bits per heavy atom. The maximum Gasteiger partial charge on any atom is 0.339 e. The molecule has 2 rings (SSSR count). The van der Waals surface area contributed by atoms with Gasteiger partial charge in [0, 0.05) is 18.6 Å². The summed E-state index contributed by atoms with van der Waals surface area (Å²) in [5.41, 5.74) is 0.709. The number of aromatic nitrogens is 2. The van der Waals surface area contributed by atoms with Gasteiger partial charge in [0.2, 0.25) is 0 Å². The number of hydrogen-bond donors (Lipinski definition) is 2. The first kappa shape index (κ1) is 14.1. The predicted octanol–water partition coefficient (Wildman–Crippen LogP) is 1.70. The number of rotatable bonds is 4. The molecule has 1 amide bonds. The smallest absolute Gasteiger partial charge is 0.339 e. The normalized spacial score (nSPS) is 10.3. The minimum Gasteiger partial charge on any atom is -0.478 e. The summed E-state index contributed by atoms with van der Waals surface area (Å²) in [5, 5.41) is 16.0. The van der Waals surface area contributed by atoms with Crippen LogP contribution >= 0.6 is 11.6 Å². The number of aromatic carboxylic acids is 1. The second kappa shape index (κ2) is 5.75. The molecule has 6 nitrogen and oxygen atoms in total. The lowest BCUT2D eigenvalue weighted by atomic mass is 10.2. The molecule has 1 aromatic heterocycles. The average Bonchev–Trinajstić information content (AvgIpc) is 2.78. The van der Waals surface area contributed by atoms with Crippen LogP contribution in [0.2, 0.25) is 5.02 Å². The monoisotopic (exact) mass is 293 g/mol. The zero-order valence-electron chi connectivity index (χ0n) is 10.6. The van der Waals surface area contributed by atoms with Crippen LogP contribution in [0.4, 0.5) is 0 Å². The number of carboxylic acid groups (broad SMARTS) is 1. The molecule has 0 atom stereocenters. The van der Waals surface area contributed by atoms with E-state index in [2.05, 4.69) is 10.4 Å². The maximum atomic E-state index is 12.0. The van der Waals surface area contributed by atoms with Crippen LogP contribution in [-0.4, -0.2) is 26.8 Å². The van der Waals surface area contributed by atoms with Gasteiger partial charge in [-0.05, 0) is 17.7 Å². The number of nitrogens with zero attached hydrogens (tertiary/aromatic N) is 2. The molecule has 0 fully saturated rings. The van der Waals surface area contributed by atoms with Crippen LogP contribution in [0.15, 0.2) is 30.5 Å². The molecule has 20 heavy (non-hydrogen) atoms. The van der Waals surface area contributed by atoms with Crippen molar-refractivity contribution in [3.05, 3.63) is 52.3 Å². The standard InChI is InChI=1S/C13H12ClN3O3/c1-17-11(10(7-16-17)13(19)20)12(18)15-6-8-3-2-4-9(14)5-8/h2-5,7H,6H2,1H3,(H,15,18)(H,19,20). The van der Waals surface area contributed by atoms with E-state index in [4.69, 9.17) is 16.7 Å². The summed E-state index contributed by atoms with van der Waals surface area (Å²) >= 11 is 5.85. The molecule has 0 radical (unpaired) electrons. The summed E-state index contributed by atoms with van der Waals surface area (Å²) in [6.45, 7) is 0.254. The summed E-state index contributed by atoms with van der Waals surface area (Å²) in [4.78, 5) is 23.0. The molecule has 0 aliphatic heterocycles. The Balaban J connectivity index is 2.13. The Labute approximate surface area is 120 Å². The van der Waals surface area contributed by atoms with E-state index in [1.807, 2.05) is 6.07 Å². The summed E-state index contributed by atoms with van der Waals surface area (Å²) in [5.74, 6) is -1.69. The first-order valence-corrected chi connectivity index (χ1v) is 6.14. The fourth-order valence-electron chi connectivity index (χ4n) is 1.78. The SMILES string of the molecule is Cn1ncc(C(=O)O)c1C(=O)NCc1cccc(Cl)c1. The lowest BCUT2D eigenvalue weighted by Crippen LogP contribution is -2.27. The Bertz CT molecular complexity index is 667. The molecule has 7 heteroatoms. The van der Waals surface area contributed by atoms with Gasteiger partial charge in [-0.25, -0.2) is 4.79 Å². The number of amides is 1. The zero-order valence-corrected chi connectivity index (χ0v) is 11.4. The van der Waals surface area contributed by atoms with Gasteiger partial charge in [0.25, 0.3) is 5.91 Å². The molecule has 0 saturated carbocycles. The largest absolute Gasteiger partial charge is 0.478 e. The third-order valence-electron chi connectivity index (χ3n) is 2.73. The first-order valence-electron chi connectivity index (χ1n) is 5.77. The van der Waals surface area contributed by atoms with Gasteiger partial charge < -0.3 is 10.4 Å². The van der Waals surface area contributed by atoms with Crippen molar-refractivity contribution in [3.63, 3.8) is 0 Å². The van der Waals surface area contributed by atoms with Gasteiger partial charge >= 0.3 is 5.97 Å². The van der Waals surface area contributed by atoms with Crippen molar-refractivity contribution in [1.82, 2.24) is 15.1 Å². The summed E-state index contributed by atoms with van der Waals surface area (Å²) in [6.07, 6.45) is 1.15. The first-order chi connectivity index (χ1) is 9.49. The van der Waals surface area contributed by atoms with Crippen molar-refractivity contribution in [2.75, 3.05) is 0 Å². The molecule has 0 aliphatic rings. The van der Waals surface area contributed by atoms with Crippen LogP contribution in [0.1, 0.15) is 26.4 Å². The highest BCUT2D eigenvalue weighted by Crippen LogP contribution is 2.11. The second-order valence-corrected chi connectivity index (χ2v) is 4.58. The molecule has 1 heterocycles. The van der Waals surface area contributed by atoms with Gasteiger partial charge in [-0.2, -0.15) is 5.10 Å². The van der Waals surface area contributed by atoms with E-state index in [1.165, 1.54) is 11.7 Å². The minimum absolute atomic E-state index is 0.0135. The Kier molecular flexibility index (Phi) is 4.05. The van der Waals surface area contributed by atoms with Crippen molar-refractivity contribution >= 4 is 23.5 Å². The number of aryl methyl sites for hydroxylation is 1. The van der Waals surface area contributed by atoms with Gasteiger partial charge in [0.05, 0.1) is 6.20 Å². The average molecular weight is 294 g/mol.